The second-order valence-corrected chi connectivity index (χ2v) is 3.96. The first-order chi connectivity index (χ1) is 7.95. The molecule has 0 aliphatic heterocycles. The normalized spacial score (nSPS) is 11.5. The third kappa shape index (κ3) is 4.21. The first-order valence-electron chi connectivity index (χ1n) is 5.65. The van der Waals surface area contributed by atoms with Gasteiger partial charge in [-0.25, -0.2) is 0 Å². The largest absolute Gasteiger partial charge is 0.416 e. The Labute approximate surface area is 98.6 Å². The molecule has 17 heavy (non-hydrogen) atoms. The number of Topliss-reactive ketones (excluding diaryl/α,β-unsaturated/α-hetero) is 1. The highest BCUT2D eigenvalue weighted by Gasteiger charge is 2.30. The predicted molar refractivity (Wildman–Crippen MR) is 59.9 cm³/mol. The summed E-state index contributed by atoms with van der Waals surface area (Å²) in [4.78, 5) is 11.6. The van der Waals surface area contributed by atoms with E-state index in [4.69, 9.17) is 0 Å². The van der Waals surface area contributed by atoms with E-state index in [0.29, 0.717) is 6.42 Å². The van der Waals surface area contributed by atoms with E-state index in [1.165, 1.54) is 12.1 Å². The fourth-order valence-electron chi connectivity index (χ4n) is 1.55. The number of carbonyl (C=O) groups is 1. The lowest BCUT2D eigenvalue weighted by atomic mass is 10.0. The number of carbonyl (C=O) groups excluding carboxylic acids is 1. The maximum Gasteiger partial charge on any atom is 0.416 e. The van der Waals surface area contributed by atoms with Crippen LogP contribution in [-0.2, 0) is 6.18 Å². The van der Waals surface area contributed by atoms with Gasteiger partial charge >= 0.3 is 6.18 Å². The molecule has 0 heterocycles. The summed E-state index contributed by atoms with van der Waals surface area (Å²) >= 11 is 0. The molecular formula is C13H15F3O. The number of rotatable bonds is 5. The van der Waals surface area contributed by atoms with Gasteiger partial charge in [0.15, 0.2) is 5.78 Å². The number of ketones is 1. The fourth-order valence-corrected chi connectivity index (χ4v) is 1.55. The Hall–Kier alpha value is -1.32. The predicted octanol–water partition coefficient (Wildman–Crippen LogP) is 4.47. The molecule has 1 rings (SSSR count). The topological polar surface area (TPSA) is 17.1 Å². The van der Waals surface area contributed by atoms with Gasteiger partial charge in [-0.05, 0) is 18.6 Å². The molecule has 4 heteroatoms. The monoisotopic (exact) mass is 244 g/mol. The van der Waals surface area contributed by atoms with Gasteiger partial charge in [0, 0.05) is 12.0 Å². The maximum absolute atomic E-state index is 12.4. The molecule has 0 unspecified atom stereocenters. The molecule has 0 aromatic heterocycles. The number of hydrogen-bond donors (Lipinski definition) is 0. The molecule has 0 radical (unpaired) electrons. The molecule has 0 fully saturated rings. The van der Waals surface area contributed by atoms with Crippen molar-refractivity contribution in [1.29, 1.82) is 0 Å². The van der Waals surface area contributed by atoms with E-state index in [1.807, 2.05) is 6.92 Å². The SMILES string of the molecule is CCCCCC(=O)c1cccc(C(F)(F)F)c1. The Kier molecular flexibility index (Phi) is 4.73. The molecule has 1 aromatic carbocycles. The van der Waals surface area contributed by atoms with Crippen molar-refractivity contribution >= 4 is 5.78 Å². The number of halogens is 3. The Morgan fingerprint density at radius 3 is 2.53 bits per heavy atom. The summed E-state index contributed by atoms with van der Waals surface area (Å²) in [5.41, 5.74) is -0.616. The molecule has 0 amide bonds. The molecule has 0 N–H and O–H groups in total. The van der Waals surface area contributed by atoms with Crippen LogP contribution in [0.2, 0.25) is 0 Å². The van der Waals surface area contributed by atoms with Gasteiger partial charge in [0.2, 0.25) is 0 Å². The van der Waals surface area contributed by atoms with Gasteiger partial charge in [0.1, 0.15) is 0 Å². The first-order valence-corrected chi connectivity index (χ1v) is 5.65. The Morgan fingerprint density at radius 1 is 1.24 bits per heavy atom. The van der Waals surface area contributed by atoms with Crippen LogP contribution >= 0.6 is 0 Å². The van der Waals surface area contributed by atoms with Crippen molar-refractivity contribution in [2.24, 2.45) is 0 Å². The van der Waals surface area contributed by atoms with Crippen LogP contribution in [0.25, 0.3) is 0 Å². The zero-order valence-corrected chi connectivity index (χ0v) is 9.68. The van der Waals surface area contributed by atoms with Crippen molar-refractivity contribution in [1.82, 2.24) is 0 Å². The molecule has 0 bridgehead atoms. The van der Waals surface area contributed by atoms with Crippen LogP contribution < -0.4 is 0 Å². The minimum absolute atomic E-state index is 0.149. The molecule has 0 spiro atoms. The van der Waals surface area contributed by atoms with Gasteiger partial charge in [-0.3, -0.25) is 4.79 Å². The number of hydrogen-bond acceptors (Lipinski definition) is 1. The summed E-state index contributed by atoms with van der Waals surface area (Å²) in [5.74, 6) is -0.218. The molecule has 0 aliphatic rings. The van der Waals surface area contributed by atoms with E-state index < -0.39 is 11.7 Å². The smallest absolute Gasteiger partial charge is 0.294 e. The second kappa shape index (κ2) is 5.84. The highest BCUT2D eigenvalue weighted by Crippen LogP contribution is 2.29. The van der Waals surface area contributed by atoms with Crippen molar-refractivity contribution in [2.45, 2.75) is 38.8 Å². The van der Waals surface area contributed by atoms with Crippen molar-refractivity contribution in [2.75, 3.05) is 0 Å². The summed E-state index contributed by atoms with van der Waals surface area (Å²) in [6, 6.07) is 4.61. The average molecular weight is 244 g/mol. The van der Waals surface area contributed by atoms with Crippen LogP contribution in [0.15, 0.2) is 24.3 Å². The summed E-state index contributed by atoms with van der Waals surface area (Å²) in [6.45, 7) is 2.01. The summed E-state index contributed by atoms with van der Waals surface area (Å²) in [7, 11) is 0. The van der Waals surface area contributed by atoms with Gasteiger partial charge < -0.3 is 0 Å². The third-order valence-electron chi connectivity index (χ3n) is 2.52. The molecule has 1 aromatic rings. The van der Waals surface area contributed by atoms with E-state index in [0.717, 1.165) is 31.4 Å². The van der Waals surface area contributed by atoms with Gasteiger partial charge in [-0.2, -0.15) is 13.2 Å². The van der Waals surface area contributed by atoms with E-state index in [-0.39, 0.29) is 11.3 Å². The highest BCUT2D eigenvalue weighted by atomic mass is 19.4. The summed E-state index contributed by atoms with van der Waals surface area (Å²) < 4.78 is 37.3. The van der Waals surface area contributed by atoms with Crippen LogP contribution in [0, 0.1) is 0 Å². The van der Waals surface area contributed by atoms with Gasteiger partial charge in [0.05, 0.1) is 5.56 Å². The second-order valence-electron chi connectivity index (χ2n) is 3.96. The van der Waals surface area contributed by atoms with E-state index in [9.17, 15) is 18.0 Å². The Morgan fingerprint density at radius 2 is 1.94 bits per heavy atom. The number of unbranched alkanes of at least 4 members (excludes halogenated alkanes) is 2. The van der Waals surface area contributed by atoms with E-state index >= 15 is 0 Å². The molecule has 0 saturated carbocycles. The lowest BCUT2D eigenvalue weighted by Crippen LogP contribution is -2.07. The minimum Gasteiger partial charge on any atom is -0.294 e. The van der Waals surface area contributed by atoms with Crippen molar-refractivity contribution < 1.29 is 18.0 Å². The van der Waals surface area contributed by atoms with E-state index in [1.54, 1.807) is 0 Å². The van der Waals surface area contributed by atoms with Crippen LogP contribution in [0.5, 0.6) is 0 Å². The first kappa shape index (κ1) is 13.7. The quantitative estimate of drug-likeness (QED) is 0.551. The zero-order chi connectivity index (χ0) is 12.9. The van der Waals surface area contributed by atoms with Gasteiger partial charge in [0.25, 0.3) is 0 Å². The molecular weight excluding hydrogens is 229 g/mol. The maximum atomic E-state index is 12.4. The van der Waals surface area contributed by atoms with Crippen LogP contribution in [0.4, 0.5) is 13.2 Å². The van der Waals surface area contributed by atoms with Crippen LogP contribution in [0.3, 0.4) is 0 Å². The lowest BCUT2D eigenvalue weighted by molar-refractivity contribution is -0.137. The van der Waals surface area contributed by atoms with Crippen LogP contribution in [0.1, 0.15) is 48.5 Å². The average Bonchev–Trinajstić information content (AvgIpc) is 2.28. The van der Waals surface area contributed by atoms with Crippen molar-refractivity contribution in [3.05, 3.63) is 35.4 Å². The van der Waals surface area contributed by atoms with E-state index in [2.05, 4.69) is 0 Å². The van der Waals surface area contributed by atoms with Gasteiger partial charge in [-0.15, -0.1) is 0 Å². The van der Waals surface area contributed by atoms with Crippen molar-refractivity contribution in [3.63, 3.8) is 0 Å². The zero-order valence-electron chi connectivity index (χ0n) is 9.68. The third-order valence-corrected chi connectivity index (χ3v) is 2.52. The molecule has 0 aliphatic carbocycles. The van der Waals surface area contributed by atoms with Crippen LogP contribution in [-0.4, -0.2) is 5.78 Å². The summed E-state index contributed by atoms with van der Waals surface area (Å²) in [6.07, 6.45) is -1.44. The highest BCUT2D eigenvalue weighted by molar-refractivity contribution is 5.96. The summed E-state index contributed by atoms with van der Waals surface area (Å²) in [5, 5.41) is 0. The van der Waals surface area contributed by atoms with Crippen molar-refractivity contribution in [3.8, 4) is 0 Å². The molecule has 94 valence electrons. The number of benzene rings is 1. The Balaban J connectivity index is 2.74. The molecule has 1 nitrogen and oxygen atoms in total. The molecule has 0 saturated heterocycles. The number of alkyl halides is 3. The molecule has 0 atom stereocenters. The fraction of sp³-hybridized carbons (Fsp3) is 0.462. The minimum atomic E-state index is -4.39. The lowest BCUT2D eigenvalue weighted by Gasteiger charge is -2.08. The Bertz CT molecular complexity index is 382. The standard InChI is InChI=1S/C13H15F3O/c1-2-3-4-8-12(17)10-6-5-7-11(9-10)13(14,15)16/h5-7,9H,2-4,8H2,1H3. The van der Waals surface area contributed by atoms with Gasteiger partial charge in [-0.1, -0.05) is 31.9 Å².